The van der Waals surface area contributed by atoms with Crippen LogP contribution in [0.25, 0.3) is 0 Å². The molecule has 0 saturated heterocycles. The standard InChI is InChI=1S/C9H15N3S/c1-2-4-8(5-3-1)6-13-9-10-7-11-12-9/h7-8H,1-6H2,(H,10,11,12). The zero-order valence-corrected chi connectivity index (χ0v) is 8.52. The minimum absolute atomic E-state index is 0.906. The molecule has 1 heterocycles. The summed E-state index contributed by atoms with van der Waals surface area (Å²) in [5.74, 6) is 2.11. The van der Waals surface area contributed by atoms with Crippen molar-refractivity contribution >= 4 is 11.8 Å². The number of aromatic nitrogens is 3. The molecule has 1 aliphatic rings. The average Bonchev–Trinajstić information content (AvgIpc) is 2.69. The molecule has 1 fully saturated rings. The maximum atomic E-state index is 4.10. The molecule has 0 spiro atoms. The summed E-state index contributed by atoms with van der Waals surface area (Å²) in [6, 6.07) is 0. The molecular formula is C9H15N3S. The van der Waals surface area contributed by atoms with Gasteiger partial charge in [0.25, 0.3) is 0 Å². The normalized spacial score (nSPS) is 19.1. The fourth-order valence-corrected chi connectivity index (χ4v) is 2.78. The molecule has 13 heavy (non-hydrogen) atoms. The summed E-state index contributed by atoms with van der Waals surface area (Å²) in [6.07, 6.45) is 8.65. The lowest BCUT2D eigenvalue weighted by Gasteiger charge is -2.20. The van der Waals surface area contributed by atoms with Gasteiger partial charge in [0.05, 0.1) is 0 Å². The maximum Gasteiger partial charge on any atom is 0.183 e. The van der Waals surface area contributed by atoms with Crippen LogP contribution in [-0.2, 0) is 0 Å². The van der Waals surface area contributed by atoms with Crippen LogP contribution in [0.15, 0.2) is 11.5 Å². The second-order valence-electron chi connectivity index (χ2n) is 3.61. The molecule has 1 saturated carbocycles. The van der Waals surface area contributed by atoms with Crippen LogP contribution in [0.2, 0.25) is 0 Å². The summed E-state index contributed by atoms with van der Waals surface area (Å²) in [6.45, 7) is 0. The first-order valence-corrected chi connectivity index (χ1v) is 5.92. The van der Waals surface area contributed by atoms with Gasteiger partial charge in [0.15, 0.2) is 5.16 Å². The van der Waals surface area contributed by atoms with Crippen molar-refractivity contribution < 1.29 is 0 Å². The Morgan fingerprint density at radius 3 is 2.92 bits per heavy atom. The van der Waals surface area contributed by atoms with E-state index in [9.17, 15) is 0 Å². The minimum atomic E-state index is 0.906. The number of nitrogens with one attached hydrogen (secondary N) is 1. The summed E-state index contributed by atoms with van der Waals surface area (Å²) in [5, 5.41) is 7.67. The first-order valence-electron chi connectivity index (χ1n) is 4.93. The Bertz CT molecular complexity index is 229. The highest BCUT2D eigenvalue weighted by atomic mass is 32.2. The van der Waals surface area contributed by atoms with Crippen LogP contribution in [0, 0.1) is 5.92 Å². The third-order valence-electron chi connectivity index (χ3n) is 2.57. The fraction of sp³-hybridized carbons (Fsp3) is 0.778. The topological polar surface area (TPSA) is 41.6 Å². The second-order valence-corrected chi connectivity index (χ2v) is 4.61. The van der Waals surface area contributed by atoms with E-state index in [4.69, 9.17) is 0 Å². The molecule has 1 aromatic rings. The predicted molar refractivity (Wildman–Crippen MR) is 53.7 cm³/mol. The largest absolute Gasteiger partial charge is 0.254 e. The molecule has 0 radical (unpaired) electrons. The van der Waals surface area contributed by atoms with E-state index >= 15 is 0 Å². The third kappa shape index (κ3) is 2.72. The Labute approximate surface area is 82.7 Å². The number of rotatable bonds is 3. The highest BCUT2D eigenvalue weighted by Crippen LogP contribution is 2.28. The smallest absolute Gasteiger partial charge is 0.183 e. The minimum Gasteiger partial charge on any atom is -0.254 e. The van der Waals surface area contributed by atoms with Crippen LogP contribution in [0.5, 0.6) is 0 Å². The van der Waals surface area contributed by atoms with E-state index in [0.29, 0.717) is 0 Å². The molecule has 2 rings (SSSR count). The number of aromatic amines is 1. The second kappa shape index (κ2) is 4.65. The van der Waals surface area contributed by atoms with Gasteiger partial charge in [0, 0.05) is 5.75 Å². The number of hydrogen-bond acceptors (Lipinski definition) is 3. The van der Waals surface area contributed by atoms with Crippen molar-refractivity contribution in [1.82, 2.24) is 15.2 Å². The number of thioether (sulfide) groups is 1. The van der Waals surface area contributed by atoms with Gasteiger partial charge in [0.1, 0.15) is 6.33 Å². The van der Waals surface area contributed by atoms with Crippen LogP contribution in [0.3, 0.4) is 0 Å². The lowest BCUT2D eigenvalue weighted by molar-refractivity contribution is 0.391. The molecule has 0 atom stereocenters. The molecule has 0 aromatic carbocycles. The van der Waals surface area contributed by atoms with Gasteiger partial charge in [-0.05, 0) is 18.8 Å². The monoisotopic (exact) mass is 197 g/mol. The van der Waals surface area contributed by atoms with E-state index in [1.165, 1.54) is 37.9 Å². The van der Waals surface area contributed by atoms with E-state index in [-0.39, 0.29) is 0 Å². The highest BCUT2D eigenvalue weighted by Gasteiger charge is 2.13. The van der Waals surface area contributed by atoms with Gasteiger partial charge in [0.2, 0.25) is 0 Å². The SMILES string of the molecule is c1n[nH]c(SCC2CCCCC2)n1. The summed E-state index contributed by atoms with van der Waals surface area (Å²) < 4.78 is 0. The first-order chi connectivity index (χ1) is 6.45. The molecule has 1 N–H and O–H groups in total. The van der Waals surface area contributed by atoms with Crippen molar-refractivity contribution in [2.75, 3.05) is 5.75 Å². The Morgan fingerprint density at radius 1 is 1.38 bits per heavy atom. The summed E-state index contributed by atoms with van der Waals surface area (Å²) in [5.41, 5.74) is 0. The zero-order valence-electron chi connectivity index (χ0n) is 7.70. The van der Waals surface area contributed by atoms with Gasteiger partial charge in [-0.1, -0.05) is 31.0 Å². The molecule has 0 bridgehead atoms. The Hall–Kier alpha value is -0.510. The average molecular weight is 197 g/mol. The molecule has 1 aromatic heterocycles. The van der Waals surface area contributed by atoms with Crippen LogP contribution in [-0.4, -0.2) is 20.9 Å². The summed E-state index contributed by atoms with van der Waals surface area (Å²) >= 11 is 1.80. The van der Waals surface area contributed by atoms with E-state index in [0.717, 1.165) is 11.1 Å². The van der Waals surface area contributed by atoms with Crippen molar-refractivity contribution in [3.8, 4) is 0 Å². The van der Waals surface area contributed by atoms with Crippen LogP contribution in [0.1, 0.15) is 32.1 Å². The number of hydrogen-bond donors (Lipinski definition) is 1. The molecular weight excluding hydrogens is 182 g/mol. The fourth-order valence-electron chi connectivity index (χ4n) is 1.81. The molecule has 4 heteroatoms. The Kier molecular flexibility index (Phi) is 3.24. The highest BCUT2D eigenvalue weighted by molar-refractivity contribution is 7.99. The first kappa shape index (κ1) is 9.06. The van der Waals surface area contributed by atoms with Crippen molar-refractivity contribution in [3.05, 3.63) is 6.33 Å². The van der Waals surface area contributed by atoms with E-state index in [1.807, 2.05) is 0 Å². The van der Waals surface area contributed by atoms with E-state index < -0.39 is 0 Å². The maximum absolute atomic E-state index is 4.10. The predicted octanol–water partition coefficient (Wildman–Crippen LogP) is 2.48. The van der Waals surface area contributed by atoms with Gasteiger partial charge >= 0.3 is 0 Å². The van der Waals surface area contributed by atoms with Gasteiger partial charge in [-0.25, -0.2) is 4.98 Å². The van der Waals surface area contributed by atoms with Crippen LogP contribution in [0.4, 0.5) is 0 Å². The van der Waals surface area contributed by atoms with Gasteiger partial charge < -0.3 is 0 Å². The van der Waals surface area contributed by atoms with Crippen molar-refractivity contribution in [2.24, 2.45) is 5.92 Å². The third-order valence-corrected chi connectivity index (χ3v) is 3.68. The van der Waals surface area contributed by atoms with Crippen LogP contribution < -0.4 is 0 Å². The van der Waals surface area contributed by atoms with Gasteiger partial charge in [-0.3, -0.25) is 5.10 Å². The van der Waals surface area contributed by atoms with Crippen molar-refractivity contribution in [1.29, 1.82) is 0 Å². The van der Waals surface area contributed by atoms with Gasteiger partial charge in [-0.2, -0.15) is 5.10 Å². The lowest BCUT2D eigenvalue weighted by atomic mass is 9.91. The van der Waals surface area contributed by atoms with Crippen LogP contribution >= 0.6 is 11.8 Å². The molecule has 72 valence electrons. The molecule has 0 aliphatic heterocycles. The molecule has 0 unspecified atom stereocenters. The summed E-state index contributed by atoms with van der Waals surface area (Å²) in [7, 11) is 0. The molecule has 1 aliphatic carbocycles. The summed E-state index contributed by atoms with van der Waals surface area (Å²) in [4.78, 5) is 4.10. The number of H-pyrrole nitrogens is 1. The van der Waals surface area contributed by atoms with E-state index in [1.54, 1.807) is 18.1 Å². The Morgan fingerprint density at radius 2 is 2.23 bits per heavy atom. The molecule has 3 nitrogen and oxygen atoms in total. The van der Waals surface area contributed by atoms with Crippen molar-refractivity contribution in [3.63, 3.8) is 0 Å². The van der Waals surface area contributed by atoms with E-state index in [2.05, 4.69) is 15.2 Å². The number of nitrogens with zero attached hydrogens (tertiary/aromatic N) is 2. The Balaban J connectivity index is 1.72. The lowest BCUT2D eigenvalue weighted by Crippen LogP contribution is -2.08. The zero-order chi connectivity index (χ0) is 8.93. The van der Waals surface area contributed by atoms with Crippen molar-refractivity contribution in [2.45, 2.75) is 37.3 Å². The van der Waals surface area contributed by atoms with Gasteiger partial charge in [-0.15, -0.1) is 0 Å². The molecule has 0 amide bonds. The quantitative estimate of drug-likeness (QED) is 0.757.